The van der Waals surface area contributed by atoms with E-state index in [-0.39, 0.29) is 11.1 Å². The van der Waals surface area contributed by atoms with Gasteiger partial charge in [-0.25, -0.2) is 0 Å². The molecule has 0 amide bonds. The van der Waals surface area contributed by atoms with Gasteiger partial charge in [-0.1, -0.05) is 147 Å². The first kappa shape index (κ1) is 34.1. The Hall–Kier alpha value is -6.94. The third-order valence-corrected chi connectivity index (χ3v) is 17.6. The fourth-order valence-electron chi connectivity index (χ4n) is 10.9. The Kier molecular flexibility index (Phi) is 7.54. The Morgan fingerprint density at radius 1 is 0.373 bits per heavy atom. The maximum atomic E-state index is 6.35. The molecule has 2 aliphatic rings. The van der Waals surface area contributed by atoms with E-state index in [9.17, 15) is 0 Å². The van der Waals surface area contributed by atoms with Crippen LogP contribution in [0, 0.1) is 0 Å². The molecule has 0 N–H and O–H groups in total. The number of allylic oxidation sites excluding steroid dienone is 2. The normalized spacial score (nSPS) is 16.2. The molecule has 0 saturated carbocycles. The number of furan rings is 2. The van der Waals surface area contributed by atoms with E-state index in [1.54, 1.807) is 0 Å². The fraction of sp³-hybridized carbons (Fsp3) is 0.0714. The van der Waals surface area contributed by atoms with Crippen molar-refractivity contribution in [2.45, 2.75) is 24.2 Å². The van der Waals surface area contributed by atoms with Gasteiger partial charge in [-0.05, 0) is 136 Å². The van der Waals surface area contributed by atoms with Crippen molar-refractivity contribution in [3.05, 3.63) is 216 Å². The van der Waals surface area contributed by atoms with E-state index in [1.807, 2.05) is 24.7 Å². The van der Waals surface area contributed by atoms with Crippen LogP contribution >= 0.6 is 0 Å². The minimum absolute atomic E-state index is 0.148. The predicted molar refractivity (Wildman–Crippen MR) is 250 cm³/mol. The van der Waals surface area contributed by atoms with Crippen molar-refractivity contribution in [3.63, 3.8) is 0 Å². The molecule has 2 nitrogen and oxygen atoms in total. The molecule has 12 rings (SSSR count). The highest BCUT2D eigenvalue weighted by Gasteiger charge is 2.50. The summed E-state index contributed by atoms with van der Waals surface area (Å²) < 4.78 is 12.7. The van der Waals surface area contributed by atoms with Crippen LogP contribution in [0.15, 0.2) is 191 Å². The molecule has 0 bridgehead atoms. The Bertz CT molecular complexity index is 3140. The lowest BCUT2D eigenvalue weighted by atomic mass is 9.90. The Labute approximate surface area is 344 Å². The number of rotatable bonds is 6. The molecule has 2 atom stereocenters. The number of benzene rings is 8. The second-order valence-electron chi connectivity index (χ2n) is 16.8. The van der Waals surface area contributed by atoms with Crippen LogP contribution in [-0.4, -0.2) is 8.07 Å². The number of fused-ring (bicyclic) bond motifs is 8. The molecule has 59 heavy (non-hydrogen) atoms. The number of hydrogen-bond donors (Lipinski definition) is 0. The molecular formula is C56H40O2Si. The van der Waals surface area contributed by atoms with Gasteiger partial charge in [-0.2, -0.15) is 0 Å². The van der Waals surface area contributed by atoms with Gasteiger partial charge in [0.05, 0.1) is 20.6 Å². The maximum absolute atomic E-state index is 6.35. The molecule has 10 aromatic rings. The summed E-state index contributed by atoms with van der Waals surface area (Å²) in [5, 5.41) is 10.2. The van der Waals surface area contributed by atoms with Crippen LogP contribution in [0.25, 0.3) is 88.6 Å². The van der Waals surface area contributed by atoms with Gasteiger partial charge in [-0.15, -0.1) is 0 Å². The standard InChI is InChI=1S/C56H40O2Si/c1-59(2,55-45-25-11-23-43(49(45)33-51(55)53-27-13-29-57-53)47-31-35-15-3-5-17-37(35)39-19-7-9-21-41(39)47)56-46-26-12-24-44(50(46)34-52(56)54-28-14-30-58-54)48-32-36-16-4-6-18-38(36)40-20-8-10-22-42(40)48/h3-34,55-56H,1-2H3. The molecule has 0 radical (unpaired) electrons. The summed E-state index contributed by atoms with van der Waals surface area (Å²) in [7, 11) is -2.48. The molecule has 2 unspecified atom stereocenters. The van der Waals surface area contributed by atoms with Gasteiger partial charge in [0.2, 0.25) is 0 Å². The van der Waals surface area contributed by atoms with Gasteiger partial charge < -0.3 is 8.83 Å². The van der Waals surface area contributed by atoms with Crippen LogP contribution < -0.4 is 0 Å². The zero-order chi connectivity index (χ0) is 39.2. The molecule has 2 heterocycles. The highest BCUT2D eigenvalue weighted by molar-refractivity contribution is 6.84. The first-order valence-electron chi connectivity index (χ1n) is 20.6. The zero-order valence-corrected chi connectivity index (χ0v) is 33.9. The highest BCUT2D eigenvalue weighted by atomic mass is 28.3. The van der Waals surface area contributed by atoms with Crippen LogP contribution in [0.1, 0.15) is 44.9 Å². The second-order valence-corrected chi connectivity index (χ2v) is 21.6. The lowest BCUT2D eigenvalue weighted by Crippen LogP contribution is -2.42. The first-order chi connectivity index (χ1) is 29.0. The van der Waals surface area contributed by atoms with Crippen LogP contribution in [0.3, 0.4) is 0 Å². The molecule has 3 heteroatoms. The van der Waals surface area contributed by atoms with Crippen LogP contribution in [0.2, 0.25) is 13.1 Å². The third-order valence-electron chi connectivity index (χ3n) is 13.3. The van der Waals surface area contributed by atoms with Gasteiger partial charge >= 0.3 is 0 Å². The summed E-state index contributed by atoms with van der Waals surface area (Å²) in [5.74, 6) is 1.89. The van der Waals surface area contributed by atoms with Crippen molar-refractivity contribution in [1.82, 2.24) is 0 Å². The maximum Gasteiger partial charge on any atom is 0.130 e. The highest BCUT2D eigenvalue weighted by Crippen LogP contribution is 2.59. The summed E-state index contributed by atoms with van der Waals surface area (Å²) in [6.45, 7) is 5.19. The smallest absolute Gasteiger partial charge is 0.130 e. The van der Waals surface area contributed by atoms with Crippen LogP contribution in [0.5, 0.6) is 0 Å². The van der Waals surface area contributed by atoms with Gasteiger partial charge in [0.15, 0.2) is 0 Å². The average Bonchev–Trinajstić information content (AvgIpc) is 4.12. The SMILES string of the molecule is C[Si](C)(C1C(c2ccco2)=Cc2c(-c3cc4ccccc4c4ccccc34)cccc21)C1C(c2ccco2)=Cc2c(-c3cc4ccccc4c4ccccc34)cccc21. The average molecular weight is 773 g/mol. The van der Waals surface area contributed by atoms with Crippen molar-refractivity contribution in [3.8, 4) is 22.3 Å². The quantitative estimate of drug-likeness (QED) is 0.124. The van der Waals surface area contributed by atoms with Crippen molar-refractivity contribution in [1.29, 1.82) is 0 Å². The minimum atomic E-state index is -2.48. The van der Waals surface area contributed by atoms with Gasteiger partial charge in [0.1, 0.15) is 11.5 Å². The molecule has 2 aromatic heterocycles. The summed E-state index contributed by atoms with van der Waals surface area (Å²) in [6.07, 6.45) is 8.55. The zero-order valence-electron chi connectivity index (χ0n) is 32.9. The van der Waals surface area contributed by atoms with E-state index in [2.05, 4.69) is 183 Å². The van der Waals surface area contributed by atoms with Crippen LogP contribution in [0.4, 0.5) is 0 Å². The third kappa shape index (κ3) is 5.11. The molecule has 0 spiro atoms. The summed E-state index contributed by atoms with van der Waals surface area (Å²) in [6, 6.07) is 62.4. The second kappa shape index (κ2) is 13.0. The summed E-state index contributed by atoms with van der Waals surface area (Å²) >= 11 is 0. The fourth-order valence-corrected chi connectivity index (χ4v) is 15.4. The summed E-state index contributed by atoms with van der Waals surface area (Å²) in [5.41, 5.74) is 13.2. The van der Waals surface area contributed by atoms with Gasteiger partial charge in [-0.3, -0.25) is 0 Å². The van der Waals surface area contributed by atoms with E-state index >= 15 is 0 Å². The molecular weight excluding hydrogens is 733 g/mol. The molecule has 0 fully saturated rings. The van der Waals surface area contributed by atoms with E-state index in [4.69, 9.17) is 8.83 Å². The van der Waals surface area contributed by atoms with E-state index < -0.39 is 8.07 Å². The lowest BCUT2D eigenvalue weighted by Gasteiger charge is -2.39. The summed E-state index contributed by atoms with van der Waals surface area (Å²) in [4.78, 5) is 0. The largest absolute Gasteiger partial charge is 0.465 e. The van der Waals surface area contributed by atoms with Crippen molar-refractivity contribution in [2.24, 2.45) is 0 Å². The monoisotopic (exact) mass is 772 g/mol. The molecule has 280 valence electrons. The van der Waals surface area contributed by atoms with Gasteiger partial charge in [0, 0.05) is 22.2 Å². The molecule has 0 aliphatic heterocycles. The minimum Gasteiger partial charge on any atom is -0.465 e. The van der Waals surface area contributed by atoms with Crippen molar-refractivity contribution < 1.29 is 8.83 Å². The van der Waals surface area contributed by atoms with Crippen LogP contribution in [-0.2, 0) is 0 Å². The van der Waals surface area contributed by atoms with E-state index in [1.165, 1.54) is 98.7 Å². The van der Waals surface area contributed by atoms with E-state index in [0.29, 0.717) is 0 Å². The lowest BCUT2D eigenvalue weighted by molar-refractivity contribution is 0.550. The first-order valence-corrected chi connectivity index (χ1v) is 23.8. The Balaban J connectivity index is 1.08. The topological polar surface area (TPSA) is 26.3 Å². The van der Waals surface area contributed by atoms with E-state index in [0.717, 1.165) is 11.5 Å². The molecule has 0 saturated heterocycles. The predicted octanol–water partition coefficient (Wildman–Crippen LogP) is 15.6. The van der Waals surface area contributed by atoms with Crippen molar-refractivity contribution >= 4 is 74.5 Å². The Morgan fingerprint density at radius 3 is 1.20 bits per heavy atom. The van der Waals surface area contributed by atoms with Gasteiger partial charge in [0.25, 0.3) is 0 Å². The number of hydrogen-bond acceptors (Lipinski definition) is 2. The molecule has 8 aromatic carbocycles. The molecule has 2 aliphatic carbocycles. The Morgan fingerprint density at radius 2 is 0.780 bits per heavy atom. The van der Waals surface area contributed by atoms with Crippen molar-refractivity contribution in [2.75, 3.05) is 0 Å².